The maximum Gasteiger partial charge on any atom is 0.488 e. The minimum absolute atomic E-state index is 0.576. The molecule has 1 aromatic carbocycles. The second-order valence-corrected chi connectivity index (χ2v) is 4.93. The van der Waals surface area contributed by atoms with Gasteiger partial charge in [-0.15, -0.1) is 0 Å². The molecule has 0 spiro atoms. The van der Waals surface area contributed by atoms with Crippen molar-refractivity contribution in [2.24, 2.45) is 0 Å². The summed E-state index contributed by atoms with van der Waals surface area (Å²) in [6.45, 7) is 4.32. The molecule has 1 saturated heterocycles. The Balaban J connectivity index is 2.04. The first-order valence-corrected chi connectivity index (χ1v) is 6.36. The van der Waals surface area contributed by atoms with Gasteiger partial charge in [0.25, 0.3) is 0 Å². The summed E-state index contributed by atoms with van der Waals surface area (Å²) in [6.07, 6.45) is 3.86. The summed E-state index contributed by atoms with van der Waals surface area (Å²) in [5.74, 6) is 0. The number of hydrogen-bond acceptors (Lipinski definition) is 3. The van der Waals surface area contributed by atoms with Crippen molar-refractivity contribution in [3.63, 3.8) is 0 Å². The molecule has 1 aliphatic heterocycles. The lowest BCUT2D eigenvalue weighted by molar-refractivity contribution is 0.152. The van der Waals surface area contributed by atoms with E-state index < -0.39 is 7.12 Å². The van der Waals surface area contributed by atoms with Crippen molar-refractivity contribution >= 4 is 12.6 Å². The molecule has 0 bridgehead atoms. The van der Waals surface area contributed by atoms with E-state index in [1.54, 1.807) is 6.07 Å². The summed E-state index contributed by atoms with van der Waals surface area (Å²) in [4.78, 5) is 2.46. The number of rotatable bonds is 3. The predicted molar refractivity (Wildman–Crippen MR) is 70.0 cm³/mol. The van der Waals surface area contributed by atoms with Crippen LogP contribution in [0.4, 0.5) is 0 Å². The van der Waals surface area contributed by atoms with Crippen LogP contribution in [0.15, 0.2) is 24.3 Å². The molecule has 2 rings (SSSR count). The van der Waals surface area contributed by atoms with Crippen LogP contribution in [0.3, 0.4) is 0 Å². The molecule has 4 heteroatoms. The van der Waals surface area contributed by atoms with Crippen molar-refractivity contribution in [2.75, 3.05) is 6.54 Å². The van der Waals surface area contributed by atoms with Crippen molar-refractivity contribution < 1.29 is 10.0 Å². The number of hydrogen-bond donors (Lipinski definition) is 2. The lowest BCUT2D eigenvalue weighted by Gasteiger charge is -2.33. The molecule has 1 aromatic rings. The fourth-order valence-electron chi connectivity index (χ4n) is 2.48. The van der Waals surface area contributed by atoms with Gasteiger partial charge in [0, 0.05) is 12.6 Å². The van der Waals surface area contributed by atoms with Gasteiger partial charge < -0.3 is 10.0 Å². The van der Waals surface area contributed by atoms with Gasteiger partial charge in [0.1, 0.15) is 0 Å². The molecule has 1 heterocycles. The third-order valence-corrected chi connectivity index (χ3v) is 3.58. The van der Waals surface area contributed by atoms with Crippen LogP contribution in [0.5, 0.6) is 0 Å². The van der Waals surface area contributed by atoms with E-state index in [0.717, 1.165) is 18.7 Å². The second kappa shape index (κ2) is 5.67. The molecule has 0 radical (unpaired) electrons. The Kier molecular flexibility index (Phi) is 4.21. The highest BCUT2D eigenvalue weighted by molar-refractivity contribution is 6.58. The summed E-state index contributed by atoms with van der Waals surface area (Å²) in [5.41, 5.74) is 1.73. The highest BCUT2D eigenvalue weighted by atomic mass is 16.4. The lowest BCUT2D eigenvalue weighted by atomic mass is 9.79. The number of nitrogens with zero attached hydrogens (tertiary/aromatic N) is 1. The zero-order chi connectivity index (χ0) is 12.3. The van der Waals surface area contributed by atoms with E-state index in [1.807, 2.05) is 18.2 Å². The lowest BCUT2D eigenvalue weighted by Crippen LogP contribution is -2.37. The molecule has 1 fully saturated rings. The standard InChI is InChI=1S/C13H20BNO2/c1-11-5-2-3-8-15(11)10-12-6-4-7-13(9-12)14(16)17/h4,6-7,9,11,16-17H,2-3,5,8,10H2,1H3. The van der Waals surface area contributed by atoms with Crippen molar-refractivity contribution in [1.29, 1.82) is 0 Å². The Morgan fingerprint density at radius 3 is 2.88 bits per heavy atom. The van der Waals surface area contributed by atoms with Crippen LogP contribution in [0, 0.1) is 0 Å². The molecule has 0 aliphatic carbocycles. The van der Waals surface area contributed by atoms with E-state index in [-0.39, 0.29) is 0 Å². The monoisotopic (exact) mass is 233 g/mol. The van der Waals surface area contributed by atoms with Crippen LogP contribution < -0.4 is 5.46 Å². The topological polar surface area (TPSA) is 43.7 Å². The number of piperidine rings is 1. The number of likely N-dealkylation sites (tertiary alicyclic amines) is 1. The SMILES string of the molecule is CC1CCCCN1Cc1cccc(B(O)O)c1. The maximum atomic E-state index is 9.15. The fourth-order valence-corrected chi connectivity index (χ4v) is 2.48. The largest absolute Gasteiger partial charge is 0.488 e. The molecule has 0 aromatic heterocycles. The zero-order valence-electron chi connectivity index (χ0n) is 10.3. The third kappa shape index (κ3) is 3.31. The van der Waals surface area contributed by atoms with Gasteiger partial charge in [-0.05, 0) is 37.3 Å². The van der Waals surface area contributed by atoms with Gasteiger partial charge in [-0.2, -0.15) is 0 Å². The van der Waals surface area contributed by atoms with Crippen molar-refractivity contribution in [1.82, 2.24) is 4.90 Å². The molecular weight excluding hydrogens is 213 g/mol. The molecule has 0 amide bonds. The molecular formula is C13H20BNO2. The molecule has 3 nitrogen and oxygen atoms in total. The van der Waals surface area contributed by atoms with Gasteiger partial charge in [0.2, 0.25) is 0 Å². The van der Waals surface area contributed by atoms with Crippen LogP contribution in [-0.2, 0) is 6.54 Å². The average Bonchev–Trinajstić information content (AvgIpc) is 2.32. The van der Waals surface area contributed by atoms with Crippen molar-refractivity contribution in [2.45, 2.75) is 38.8 Å². The molecule has 1 atom stereocenters. The van der Waals surface area contributed by atoms with Crippen molar-refractivity contribution in [3.8, 4) is 0 Å². The minimum atomic E-state index is -1.37. The van der Waals surface area contributed by atoms with Crippen molar-refractivity contribution in [3.05, 3.63) is 29.8 Å². The summed E-state index contributed by atoms with van der Waals surface area (Å²) in [5, 5.41) is 18.3. The van der Waals surface area contributed by atoms with E-state index in [9.17, 15) is 0 Å². The van der Waals surface area contributed by atoms with Gasteiger partial charge in [-0.1, -0.05) is 30.7 Å². The summed E-state index contributed by atoms with van der Waals surface area (Å²) in [7, 11) is -1.37. The molecule has 0 saturated carbocycles. The Morgan fingerprint density at radius 2 is 2.18 bits per heavy atom. The predicted octanol–water partition coefficient (Wildman–Crippen LogP) is 0.741. The first-order chi connectivity index (χ1) is 8.16. The highest BCUT2D eigenvalue weighted by Crippen LogP contribution is 2.18. The number of benzene rings is 1. The molecule has 92 valence electrons. The van der Waals surface area contributed by atoms with Gasteiger partial charge in [0.05, 0.1) is 0 Å². The highest BCUT2D eigenvalue weighted by Gasteiger charge is 2.18. The van der Waals surface area contributed by atoms with Gasteiger partial charge in [-0.3, -0.25) is 4.90 Å². The fraction of sp³-hybridized carbons (Fsp3) is 0.538. The van der Waals surface area contributed by atoms with Gasteiger partial charge in [0.15, 0.2) is 0 Å². The molecule has 1 unspecified atom stereocenters. The smallest absolute Gasteiger partial charge is 0.423 e. The van der Waals surface area contributed by atoms with E-state index in [2.05, 4.69) is 11.8 Å². The van der Waals surface area contributed by atoms with Crippen LogP contribution in [-0.4, -0.2) is 34.7 Å². The van der Waals surface area contributed by atoms with Gasteiger partial charge >= 0.3 is 7.12 Å². The first kappa shape index (κ1) is 12.6. The van der Waals surface area contributed by atoms with Crippen LogP contribution in [0.2, 0.25) is 0 Å². The third-order valence-electron chi connectivity index (χ3n) is 3.58. The Bertz CT molecular complexity index is 370. The normalized spacial score (nSPS) is 21.5. The van der Waals surface area contributed by atoms with Crippen LogP contribution in [0.1, 0.15) is 31.7 Å². The average molecular weight is 233 g/mol. The quantitative estimate of drug-likeness (QED) is 0.757. The summed E-state index contributed by atoms with van der Waals surface area (Å²) in [6, 6.07) is 8.19. The van der Waals surface area contributed by atoms with Crippen LogP contribution in [0.25, 0.3) is 0 Å². The van der Waals surface area contributed by atoms with E-state index in [1.165, 1.54) is 19.3 Å². The van der Waals surface area contributed by atoms with E-state index >= 15 is 0 Å². The zero-order valence-corrected chi connectivity index (χ0v) is 10.3. The molecule has 2 N–H and O–H groups in total. The second-order valence-electron chi connectivity index (χ2n) is 4.93. The molecule has 1 aliphatic rings. The van der Waals surface area contributed by atoms with E-state index in [4.69, 9.17) is 10.0 Å². The first-order valence-electron chi connectivity index (χ1n) is 6.36. The van der Waals surface area contributed by atoms with Crippen LogP contribution >= 0.6 is 0 Å². The maximum absolute atomic E-state index is 9.15. The molecule has 17 heavy (non-hydrogen) atoms. The minimum Gasteiger partial charge on any atom is -0.423 e. The van der Waals surface area contributed by atoms with E-state index in [0.29, 0.717) is 11.5 Å². The van der Waals surface area contributed by atoms with Gasteiger partial charge in [-0.25, -0.2) is 0 Å². The summed E-state index contributed by atoms with van der Waals surface area (Å²) < 4.78 is 0. The Morgan fingerprint density at radius 1 is 1.35 bits per heavy atom. The Hall–Kier alpha value is -0.835. The Labute approximate surface area is 103 Å². The summed E-state index contributed by atoms with van der Waals surface area (Å²) >= 11 is 0.